The fourth-order valence-electron chi connectivity index (χ4n) is 1.64. The normalized spacial score (nSPS) is 13.2. The highest BCUT2D eigenvalue weighted by Crippen LogP contribution is 2.20. The van der Waals surface area contributed by atoms with Gasteiger partial charge in [-0.1, -0.05) is 32.9 Å². The van der Waals surface area contributed by atoms with Crippen LogP contribution in [0.1, 0.15) is 32.5 Å². The van der Waals surface area contributed by atoms with Crippen molar-refractivity contribution in [2.45, 2.75) is 26.7 Å². The van der Waals surface area contributed by atoms with E-state index in [1.54, 1.807) is 6.07 Å². The van der Waals surface area contributed by atoms with Crippen LogP contribution in [0, 0.1) is 5.92 Å². The van der Waals surface area contributed by atoms with Gasteiger partial charge in [-0.2, -0.15) is 0 Å². The maximum atomic E-state index is 11.8. The lowest BCUT2D eigenvalue weighted by Gasteiger charge is -2.14. The lowest BCUT2D eigenvalue weighted by molar-refractivity contribution is 0.511. The SMILES string of the molecule is CC(C)[C@H](C)c1nc2ccccc2c(=O)[nH]1. The van der Waals surface area contributed by atoms with Crippen LogP contribution in [-0.4, -0.2) is 9.97 Å². The Bertz CT molecular complexity index is 557. The number of hydrogen-bond donors (Lipinski definition) is 1. The van der Waals surface area contributed by atoms with Gasteiger partial charge in [0.15, 0.2) is 0 Å². The van der Waals surface area contributed by atoms with Crippen molar-refractivity contribution in [1.29, 1.82) is 0 Å². The van der Waals surface area contributed by atoms with Crippen LogP contribution in [0.4, 0.5) is 0 Å². The van der Waals surface area contributed by atoms with Gasteiger partial charge in [-0.3, -0.25) is 4.79 Å². The molecule has 0 saturated heterocycles. The predicted molar refractivity (Wildman–Crippen MR) is 65.6 cm³/mol. The molecule has 2 rings (SSSR count). The Kier molecular flexibility index (Phi) is 2.77. The van der Waals surface area contributed by atoms with Gasteiger partial charge < -0.3 is 4.98 Å². The summed E-state index contributed by atoms with van der Waals surface area (Å²) in [4.78, 5) is 19.2. The minimum atomic E-state index is -0.0481. The van der Waals surface area contributed by atoms with Crippen molar-refractivity contribution >= 4 is 10.9 Å². The van der Waals surface area contributed by atoms with Crippen LogP contribution in [-0.2, 0) is 0 Å². The second kappa shape index (κ2) is 4.08. The molecule has 0 spiro atoms. The minimum Gasteiger partial charge on any atom is -0.310 e. The molecule has 3 heteroatoms. The zero-order valence-corrected chi connectivity index (χ0v) is 9.82. The average Bonchev–Trinajstić information content (AvgIpc) is 2.28. The van der Waals surface area contributed by atoms with Gasteiger partial charge in [-0.15, -0.1) is 0 Å². The molecule has 1 heterocycles. The Morgan fingerprint density at radius 2 is 1.88 bits per heavy atom. The monoisotopic (exact) mass is 216 g/mol. The summed E-state index contributed by atoms with van der Waals surface area (Å²) in [6.45, 7) is 6.33. The van der Waals surface area contributed by atoms with Crippen LogP contribution in [0.15, 0.2) is 29.1 Å². The van der Waals surface area contributed by atoms with Gasteiger partial charge >= 0.3 is 0 Å². The van der Waals surface area contributed by atoms with Gasteiger partial charge in [-0.25, -0.2) is 4.98 Å². The van der Waals surface area contributed by atoms with E-state index in [0.717, 1.165) is 11.3 Å². The summed E-state index contributed by atoms with van der Waals surface area (Å²) in [6, 6.07) is 7.43. The molecule has 0 amide bonds. The van der Waals surface area contributed by atoms with E-state index in [2.05, 4.69) is 30.7 Å². The highest BCUT2D eigenvalue weighted by molar-refractivity contribution is 5.77. The van der Waals surface area contributed by atoms with Crippen LogP contribution >= 0.6 is 0 Å². The van der Waals surface area contributed by atoms with Crippen LogP contribution < -0.4 is 5.56 Å². The number of nitrogens with one attached hydrogen (secondary N) is 1. The van der Waals surface area contributed by atoms with Gasteiger partial charge in [0.2, 0.25) is 0 Å². The molecule has 0 bridgehead atoms. The number of fused-ring (bicyclic) bond motifs is 1. The number of para-hydroxylation sites is 1. The number of nitrogens with zero attached hydrogens (tertiary/aromatic N) is 1. The summed E-state index contributed by atoms with van der Waals surface area (Å²) in [7, 11) is 0. The third kappa shape index (κ3) is 1.85. The molecule has 1 atom stereocenters. The van der Waals surface area contributed by atoms with E-state index in [1.165, 1.54) is 0 Å². The maximum absolute atomic E-state index is 11.8. The lowest BCUT2D eigenvalue weighted by Crippen LogP contribution is -2.16. The van der Waals surface area contributed by atoms with Crippen molar-refractivity contribution in [3.05, 3.63) is 40.4 Å². The van der Waals surface area contributed by atoms with E-state index >= 15 is 0 Å². The number of benzene rings is 1. The molecule has 1 aromatic carbocycles. The number of hydrogen-bond acceptors (Lipinski definition) is 2. The van der Waals surface area contributed by atoms with Gasteiger partial charge in [-0.05, 0) is 18.1 Å². The van der Waals surface area contributed by atoms with Gasteiger partial charge in [0, 0.05) is 5.92 Å². The fourth-order valence-corrected chi connectivity index (χ4v) is 1.64. The average molecular weight is 216 g/mol. The summed E-state index contributed by atoms with van der Waals surface area (Å²) in [5.41, 5.74) is 0.724. The first kappa shape index (κ1) is 10.9. The van der Waals surface area contributed by atoms with Crippen molar-refractivity contribution in [3.8, 4) is 0 Å². The standard InChI is InChI=1S/C13H16N2O/c1-8(2)9(3)12-14-11-7-5-4-6-10(11)13(16)15-12/h4-9H,1-3H3,(H,14,15,16)/t9-/m0/s1. The quantitative estimate of drug-likeness (QED) is 0.838. The highest BCUT2D eigenvalue weighted by Gasteiger charge is 2.13. The Hall–Kier alpha value is -1.64. The molecule has 0 unspecified atom stereocenters. The van der Waals surface area contributed by atoms with E-state index in [-0.39, 0.29) is 11.5 Å². The van der Waals surface area contributed by atoms with E-state index in [9.17, 15) is 4.79 Å². The zero-order chi connectivity index (χ0) is 11.7. The number of rotatable bonds is 2. The van der Waals surface area contributed by atoms with E-state index in [4.69, 9.17) is 0 Å². The van der Waals surface area contributed by atoms with Crippen molar-refractivity contribution in [1.82, 2.24) is 9.97 Å². The number of aromatic nitrogens is 2. The van der Waals surface area contributed by atoms with Crippen LogP contribution in [0.3, 0.4) is 0 Å². The molecular weight excluding hydrogens is 200 g/mol. The second-order valence-corrected chi connectivity index (χ2v) is 4.50. The summed E-state index contributed by atoms with van der Waals surface area (Å²) < 4.78 is 0. The molecule has 0 aliphatic carbocycles. The Morgan fingerprint density at radius 3 is 2.56 bits per heavy atom. The predicted octanol–water partition coefficient (Wildman–Crippen LogP) is 2.68. The summed E-state index contributed by atoms with van der Waals surface area (Å²) in [5.74, 6) is 1.50. The molecule has 0 saturated carbocycles. The van der Waals surface area contributed by atoms with Crippen molar-refractivity contribution in [2.24, 2.45) is 5.92 Å². The third-order valence-corrected chi connectivity index (χ3v) is 3.06. The molecule has 0 aliphatic heterocycles. The first-order valence-corrected chi connectivity index (χ1v) is 5.58. The lowest BCUT2D eigenvalue weighted by atomic mass is 9.97. The molecule has 2 aromatic rings. The Morgan fingerprint density at radius 1 is 1.19 bits per heavy atom. The zero-order valence-electron chi connectivity index (χ0n) is 9.82. The van der Waals surface area contributed by atoms with E-state index < -0.39 is 0 Å². The molecule has 0 fully saturated rings. The summed E-state index contributed by atoms with van der Waals surface area (Å²) >= 11 is 0. The second-order valence-electron chi connectivity index (χ2n) is 4.50. The third-order valence-electron chi connectivity index (χ3n) is 3.06. The van der Waals surface area contributed by atoms with Crippen molar-refractivity contribution in [3.63, 3.8) is 0 Å². The van der Waals surface area contributed by atoms with Crippen LogP contribution in [0.2, 0.25) is 0 Å². The minimum absolute atomic E-state index is 0.0481. The number of aromatic amines is 1. The number of H-pyrrole nitrogens is 1. The molecule has 1 N–H and O–H groups in total. The Labute approximate surface area is 94.5 Å². The molecule has 84 valence electrons. The van der Waals surface area contributed by atoms with Crippen molar-refractivity contribution in [2.75, 3.05) is 0 Å². The molecule has 0 radical (unpaired) electrons. The molecule has 1 aromatic heterocycles. The van der Waals surface area contributed by atoms with Gasteiger partial charge in [0.25, 0.3) is 5.56 Å². The first-order chi connectivity index (χ1) is 7.59. The van der Waals surface area contributed by atoms with Gasteiger partial charge in [0.1, 0.15) is 5.82 Å². The molecule has 3 nitrogen and oxygen atoms in total. The van der Waals surface area contributed by atoms with Crippen molar-refractivity contribution < 1.29 is 0 Å². The van der Waals surface area contributed by atoms with Gasteiger partial charge in [0.05, 0.1) is 10.9 Å². The first-order valence-electron chi connectivity index (χ1n) is 5.58. The van der Waals surface area contributed by atoms with Crippen LogP contribution in [0.25, 0.3) is 10.9 Å². The molecule has 16 heavy (non-hydrogen) atoms. The summed E-state index contributed by atoms with van der Waals surface area (Å²) in [5, 5.41) is 0.655. The smallest absolute Gasteiger partial charge is 0.258 e. The largest absolute Gasteiger partial charge is 0.310 e. The van der Waals surface area contributed by atoms with Crippen LogP contribution in [0.5, 0.6) is 0 Å². The Balaban J connectivity index is 2.63. The summed E-state index contributed by atoms with van der Waals surface area (Å²) in [6.07, 6.45) is 0. The maximum Gasteiger partial charge on any atom is 0.258 e. The fraction of sp³-hybridized carbons (Fsp3) is 0.385. The topological polar surface area (TPSA) is 45.8 Å². The highest BCUT2D eigenvalue weighted by atomic mass is 16.1. The molecular formula is C13H16N2O. The van der Waals surface area contributed by atoms with E-state index in [1.807, 2.05) is 18.2 Å². The van der Waals surface area contributed by atoms with E-state index in [0.29, 0.717) is 11.3 Å². The molecule has 0 aliphatic rings.